The molecule has 2 amide bonds. The van der Waals surface area contributed by atoms with Crippen LogP contribution in [0.25, 0.3) is 0 Å². The first-order valence-electron chi connectivity index (χ1n) is 32.3. The Bertz CT molecular complexity index is 2890. The first-order chi connectivity index (χ1) is 43.0. The van der Waals surface area contributed by atoms with Gasteiger partial charge in [-0.15, -0.1) is 20.4 Å². The van der Waals surface area contributed by atoms with Crippen LogP contribution in [0.5, 0.6) is 23.3 Å². The van der Waals surface area contributed by atoms with Gasteiger partial charge < -0.3 is 48.3 Å². The minimum atomic E-state index is -0.592. The van der Waals surface area contributed by atoms with Crippen LogP contribution in [0.1, 0.15) is 128 Å². The number of nitrogens with zero attached hydrogens (tertiary/aromatic N) is 14. The summed E-state index contributed by atoms with van der Waals surface area (Å²) in [5, 5.41) is 16.5. The summed E-state index contributed by atoms with van der Waals surface area (Å²) in [5.41, 5.74) is 0.429. The van der Waals surface area contributed by atoms with E-state index in [9.17, 15) is 28.0 Å². The van der Waals surface area contributed by atoms with Crippen LogP contribution in [0.4, 0.5) is 20.4 Å². The molecule has 90 heavy (non-hydrogen) atoms. The molecule has 24 heteroatoms. The van der Waals surface area contributed by atoms with Gasteiger partial charge in [0.1, 0.15) is 49.0 Å². The van der Waals surface area contributed by atoms with Gasteiger partial charge in [0.05, 0.1) is 11.1 Å². The minimum absolute atomic E-state index is 0.0830. The van der Waals surface area contributed by atoms with Crippen LogP contribution in [0.3, 0.4) is 0 Å². The number of halogens is 2. The summed E-state index contributed by atoms with van der Waals surface area (Å²) in [6, 6.07) is 8.51. The molecule has 22 nitrogen and oxygen atoms in total. The molecule has 8 rings (SSSR count). The number of hydrogen-bond acceptors (Lipinski definition) is 20. The zero-order valence-electron chi connectivity index (χ0n) is 55.1. The predicted octanol–water partition coefficient (Wildman–Crippen LogP) is 8.50. The average molecular weight is 1250 g/mol. The Balaban J connectivity index is 0.686. The Morgan fingerprint density at radius 3 is 1.32 bits per heavy atom. The molecule has 0 radical (unpaired) electrons. The van der Waals surface area contributed by atoms with Crippen molar-refractivity contribution in [3.63, 3.8) is 0 Å². The Labute approximate surface area is 530 Å². The number of carbonyl (C=O) groups is 4. The Morgan fingerprint density at radius 2 is 0.967 bits per heavy atom. The van der Waals surface area contributed by atoms with E-state index in [1.807, 2.05) is 55.6 Å². The molecular formula is C66H96F2N14O8. The van der Waals surface area contributed by atoms with Crippen molar-refractivity contribution < 1.29 is 46.9 Å². The van der Waals surface area contributed by atoms with E-state index in [1.165, 1.54) is 49.1 Å². The number of amides is 2. The molecule has 0 N–H and O–H groups in total. The van der Waals surface area contributed by atoms with E-state index in [1.54, 1.807) is 9.80 Å². The van der Waals surface area contributed by atoms with Crippen LogP contribution in [0.2, 0.25) is 0 Å². The first-order valence-corrected chi connectivity index (χ1v) is 32.3. The maximum absolute atomic E-state index is 14.5. The standard InChI is InChI=1S/C66H96F2N14O8/c1-13-81(47(7)8)63(85)51-35-49(67)19-21-55(51)89-61-59(69-43-71-73-61)77-29-25-65(37-77)39-79(40-65)53(45(3)4)17-15-27-75(11)31-33-87-57(83)23-24-58(84)88-34-32-76(12)28-16-18-54(46(5)6)80-41-66(42-80)26-30-78(38-66)60-62(74-72-44-70-60)90-56-22-20-50(68)36-52(56)64(86)82(14-2)48(9)10/h19-24,35-36,43-48,53-54H,13-18,25-34,37-42H2,1-12H3/b24-23+/t53-,54-/m1/s1. The second-order valence-corrected chi connectivity index (χ2v) is 26.4. The van der Waals surface area contributed by atoms with Crippen molar-refractivity contribution in [2.24, 2.45) is 22.7 Å². The molecule has 2 aromatic carbocycles. The molecule has 0 unspecified atom stereocenters. The molecule has 492 valence electrons. The van der Waals surface area contributed by atoms with Crippen molar-refractivity contribution >= 4 is 35.4 Å². The van der Waals surface area contributed by atoms with Crippen molar-refractivity contribution in [2.45, 2.75) is 132 Å². The lowest BCUT2D eigenvalue weighted by Crippen LogP contribution is -2.62. The highest BCUT2D eigenvalue weighted by atomic mass is 19.1. The van der Waals surface area contributed by atoms with Gasteiger partial charge in [-0.05, 0) is 155 Å². The number of esters is 2. The minimum Gasteiger partial charge on any atom is -0.461 e. The van der Waals surface area contributed by atoms with Gasteiger partial charge in [0.15, 0.2) is 11.6 Å². The Morgan fingerprint density at radius 1 is 0.578 bits per heavy atom. The molecule has 6 heterocycles. The molecule has 2 aromatic heterocycles. The highest BCUT2D eigenvalue weighted by molar-refractivity contribution is 5.98. The number of benzene rings is 2. The van der Waals surface area contributed by atoms with Crippen LogP contribution >= 0.6 is 0 Å². The third kappa shape index (κ3) is 17.5. The quantitative estimate of drug-likeness (QED) is 0.0331. The fraction of sp³-hybridized carbons (Fsp3) is 0.636. The summed E-state index contributed by atoms with van der Waals surface area (Å²) >= 11 is 0. The van der Waals surface area contributed by atoms with E-state index < -0.39 is 23.6 Å². The summed E-state index contributed by atoms with van der Waals surface area (Å²) < 4.78 is 52.3. The topological polar surface area (TPSA) is 208 Å². The molecule has 0 saturated carbocycles. The van der Waals surface area contributed by atoms with Crippen LogP contribution in [-0.2, 0) is 19.1 Å². The number of ether oxygens (including phenoxy) is 4. The zero-order chi connectivity index (χ0) is 64.9. The molecule has 4 aromatic rings. The molecule has 0 bridgehead atoms. The predicted molar refractivity (Wildman–Crippen MR) is 340 cm³/mol. The number of hydrogen-bond donors (Lipinski definition) is 0. The third-order valence-electron chi connectivity index (χ3n) is 18.3. The van der Waals surface area contributed by atoms with E-state index in [2.05, 4.69) is 87.5 Å². The first kappa shape index (κ1) is 68.9. The highest BCUT2D eigenvalue weighted by Crippen LogP contribution is 2.47. The number of aromatic nitrogens is 6. The molecule has 4 aliphatic heterocycles. The Kier molecular flexibility index (Phi) is 24.0. The van der Waals surface area contributed by atoms with Crippen molar-refractivity contribution in [3.05, 3.63) is 84.0 Å². The second kappa shape index (κ2) is 31.3. The average Bonchev–Trinajstić information content (AvgIpc) is 1.56. The lowest BCUT2D eigenvalue weighted by atomic mass is 9.76. The summed E-state index contributed by atoms with van der Waals surface area (Å²) in [5.74, 6) is -0.142. The highest BCUT2D eigenvalue weighted by Gasteiger charge is 2.52. The smallest absolute Gasteiger partial charge is 0.331 e. The van der Waals surface area contributed by atoms with Gasteiger partial charge in [0, 0.05) is 126 Å². The van der Waals surface area contributed by atoms with Gasteiger partial charge >= 0.3 is 11.9 Å². The third-order valence-corrected chi connectivity index (χ3v) is 18.3. The SMILES string of the molecule is CCN(C(=O)c1cc(F)ccc1Oc1nncnc1N1CCC2(C1)CN([C@H](CCCN(C)CCOC(=O)/C=C/C(=O)OCCN(C)CCC[C@H](C(C)C)N1CC3(CCN(c4ncnnc4Oc4ccc(F)cc4C(=O)N(CC)C(C)C)C3)C1)C(C)C)C2)C(C)C. The van der Waals surface area contributed by atoms with Crippen molar-refractivity contribution in [1.29, 1.82) is 0 Å². The summed E-state index contributed by atoms with van der Waals surface area (Å²) in [4.78, 5) is 78.5. The summed E-state index contributed by atoms with van der Waals surface area (Å²) in [6.45, 7) is 31.6. The van der Waals surface area contributed by atoms with E-state index >= 15 is 0 Å². The van der Waals surface area contributed by atoms with Crippen LogP contribution < -0.4 is 19.3 Å². The van der Waals surface area contributed by atoms with E-state index in [0.717, 1.165) is 116 Å². The molecular weight excluding hydrogens is 1150 g/mol. The van der Waals surface area contributed by atoms with Crippen LogP contribution in [0, 0.1) is 34.3 Å². The summed E-state index contributed by atoms with van der Waals surface area (Å²) in [7, 11) is 4.04. The van der Waals surface area contributed by atoms with Crippen LogP contribution in [0.15, 0.2) is 61.2 Å². The summed E-state index contributed by atoms with van der Waals surface area (Å²) in [6.07, 6.45) is 11.0. The second-order valence-electron chi connectivity index (χ2n) is 26.4. The monoisotopic (exact) mass is 1250 g/mol. The zero-order valence-corrected chi connectivity index (χ0v) is 55.1. The van der Waals surface area contributed by atoms with E-state index in [4.69, 9.17) is 18.9 Å². The molecule has 0 aliphatic carbocycles. The number of likely N-dealkylation sites (N-methyl/N-ethyl adjacent to an activating group) is 2. The van der Waals surface area contributed by atoms with Gasteiger partial charge in [0.2, 0.25) is 0 Å². The lowest BCUT2D eigenvalue weighted by Gasteiger charge is -2.53. The molecule has 4 aliphatic rings. The molecule has 4 fully saturated rings. The van der Waals surface area contributed by atoms with Gasteiger partial charge in [-0.2, -0.15) is 0 Å². The van der Waals surface area contributed by atoms with E-state index in [-0.39, 0.29) is 82.3 Å². The Hall–Kier alpha value is -7.02. The van der Waals surface area contributed by atoms with Crippen molar-refractivity contribution in [1.82, 2.24) is 59.8 Å². The largest absolute Gasteiger partial charge is 0.461 e. The molecule has 2 atom stereocenters. The van der Waals surface area contributed by atoms with Crippen molar-refractivity contribution in [2.75, 3.05) is 129 Å². The normalized spacial score (nSPS) is 17.1. The maximum atomic E-state index is 14.5. The van der Waals surface area contributed by atoms with Gasteiger partial charge in [-0.1, -0.05) is 27.7 Å². The maximum Gasteiger partial charge on any atom is 0.331 e. The van der Waals surface area contributed by atoms with Gasteiger partial charge in [-0.3, -0.25) is 19.4 Å². The number of carbonyl (C=O) groups excluding carboxylic acids is 4. The number of rotatable bonds is 32. The van der Waals surface area contributed by atoms with Crippen LogP contribution in [-0.4, -0.2) is 227 Å². The molecule has 2 spiro atoms. The molecule has 4 saturated heterocycles. The fourth-order valence-corrected chi connectivity index (χ4v) is 13.5. The fourth-order valence-electron chi connectivity index (χ4n) is 13.5. The number of likely N-dealkylation sites (tertiary alicyclic amines) is 2. The van der Waals surface area contributed by atoms with Gasteiger partial charge in [0.25, 0.3) is 23.6 Å². The van der Waals surface area contributed by atoms with Gasteiger partial charge in [-0.25, -0.2) is 28.3 Å². The van der Waals surface area contributed by atoms with E-state index in [0.29, 0.717) is 61.7 Å². The lowest BCUT2D eigenvalue weighted by molar-refractivity contribution is -0.140. The van der Waals surface area contributed by atoms with Crippen molar-refractivity contribution in [3.8, 4) is 23.3 Å². The number of anilines is 2.